The van der Waals surface area contributed by atoms with Crippen molar-refractivity contribution in [3.63, 3.8) is 0 Å². The lowest BCUT2D eigenvalue weighted by Gasteiger charge is -2.58. The van der Waals surface area contributed by atoms with E-state index in [0.717, 1.165) is 48.3 Å². The monoisotopic (exact) mass is 580 g/mol. The highest BCUT2D eigenvalue weighted by Gasteiger charge is 2.59. The zero-order valence-corrected chi connectivity index (χ0v) is 27.1. The number of aliphatic hydroxyl groups is 3. The Hall–Kier alpha value is -0.500. The number of hydrogen-bond acceptors (Lipinski definition) is 6. The van der Waals surface area contributed by atoms with Gasteiger partial charge in [-0.15, -0.1) is 0 Å². The van der Waals surface area contributed by atoms with E-state index >= 15 is 0 Å². The van der Waals surface area contributed by atoms with Crippen molar-refractivity contribution in [1.29, 1.82) is 0 Å². The molecule has 0 aromatic rings. The molecule has 4 aliphatic carbocycles. The number of hydrogen-bond donors (Lipinski definition) is 3. The van der Waals surface area contributed by atoms with Gasteiger partial charge in [-0.1, -0.05) is 65.5 Å². The summed E-state index contributed by atoms with van der Waals surface area (Å²) in [6, 6.07) is 0. The molecule has 6 nitrogen and oxygen atoms in total. The van der Waals surface area contributed by atoms with Crippen molar-refractivity contribution in [2.75, 3.05) is 52.9 Å². The first-order valence-corrected chi connectivity index (χ1v) is 17.0. The summed E-state index contributed by atoms with van der Waals surface area (Å²) in [5.74, 6) is 5.46. The molecule has 1 unspecified atom stereocenters. The van der Waals surface area contributed by atoms with Gasteiger partial charge in [0, 0.05) is 0 Å². The smallest absolute Gasteiger partial charge is 0.0701 e. The Morgan fingerprint density at radius 1 is 0.805 bits per heavy atom. The summed E-state index contributed by atoms with van der Waals surface area (Å²) < 4.78 is 15.0. The van der Waals surface area contributed by atoms with Crippen molar-refractivity contribution in [2.45, 2.75) is 111 Å². The van der Waals surface area contributed by atoms with Gasteiger partial charge in [-0.3, -0.25) is 0 Å². The third-order valence-corrected chi connectivity index (χ3v) is 11.5. The Balaban J connectivity index is 0.000000302. The molecule has 3 fully saturated rings. The summed E-state index contributed by atoms with van der Waals surface area (Å²) in [5, 5.41) is 26.9. The fourth-order valence-corrected chi connectivity index (χ4v) is 9.34. The molecule has 8 atom stereocenters. The molecule has 240 valence electrons. The third-order valence-electron chi connectivity index (χ3n) is 11.5. The van der Waals surface area contributed by atoms with E-state index < -0.39 is 0 Å². The molecule has 0 heterocycles. The van der Waals surface area contributed by atoms with E-state index in [0.29, 0.717) is 50.5 Å². The Kier molecular flexibility index (Phi) is 14.6. The molecule has 41 heavy (non-hydrogen) atoms. The molecule has 6 heteroatoms. The summed E-state index contributed by atoms with van der Waals surface area (Å²) in [6.07, 6.45) is 17.2. The zero-order chi connectivity index (χ0) is 29.9. The molecule has 0 saturated heterocycles. The van der Waals surface area contributed by atoms with Gasteiger partial charge in [0.15, 0.2) is 0 Å². The van der Waals surface area contributed by atoms with Crippen molar-refractivity contribution >= 4 is 0 Å². The number of ether oxygens (including phenoxy) is 3. The quantitative estimate of drug-likeness (QED) is 0.153. The maximum Gasteiger partial charge on any atom is 0.0701 e. The number of rotatable bonds is 15. The minimum atomic E-state index is -0.0766. The predicted molar refractivity (Wildman–Crippen MR) is 166 cm³/mol. The number of allylic oxidation sites excluding steroid dienone is 1. The maximum absolute atomic E-state index is 10.2. The largest absolute Gasteiger partial charge is 0.394 e. The average Bonchev–Trinajstić information content (AvgIpc) is 3.30. The van der Waals surface area contributed by atoms with E-state index in [1.165, 1.54) is 57.8 Å². The zero-order valence-electron chi connectivity index (χ0n) is 27.1. The van der Waals surface area contributed by atoms with Crippen LogP contribution in [0.1, 0.15) is 105 Å². The van der Waals surface area contributed by atoms with E-state index in [-0.39, 0.29) is 19.3 Å². The molecule has 0 amide bonds. The first-order valence-electron chi connectivity index (χ1n) is 17.0. The molecular formula is C35H64O6. The Morgan fingerprint density at radius 2 is 1.44 bits per heavy atom. The molecule has 4 aliphatic rings. The molecule has 0 radical (unpaired) electrons. The fourth-order valence-electron chi connectivity index (χ4n) is 9.34. The molecular weight excluding hydrogens is 516 g/mol. The molecule has 4 rings (SSSR count). The van der Waals surface area contributed by atoms with Crippen LogP contribution in [-0.4, -0.2) is 74.3 Å². The lowest BCUT2D eigenvalue weighted by molar-refractivity contribution is -0.0573. The highest BCUT2D eigenvalue weighted by Crippen LogP contribution is 2.67. The topological polar surface area (TPSA) is 88.4 Å². The summed E-state index contributed by atoms with van der Waals surface area (Å²) in [5.41, 5.74) is 2.60. The van der Waals surface area contributed by atoms with E-state index in [2.05, 4.69) is 40.7 Å². The van der Waals surface area contributed by atoms with Crippen molar-refractivity contribution in [1.82, 2.24) is 0 Å². The molecule has 0 aliphatic heterocycles. The van der Waals surface area contributed by atoms with Gasteiger partial charge in [0.05, 0.1) is 59.0 Å². The summed E-state index contributed by atoms with van der Waals surface area (Å²) in [6.45, 7) is 15.3. The van der Waals surface area contributed by atoms with Gasteiger partial charge >= 0.3 is 0 Å². The summed E-state index contributed by atoms with van der Waals surface area (Å²) in [7, 11) is 0. The van der Waals surface area contributed by atoms with Gasteiger partial charge in [-0.25, -0.2) is 0 Å². The summed E-state index contributed by atoms with van der Waals surface area (Å²) in [4.78, 5) is 0. The summed E-state index contributed by atoms with van der Waals surface area (Å²) >= 11 is 0. The van der Waals surface area contributed by atoms with Crippen LogP contribution in [0, 0.1) is 46.3 Å². The normalized spacial score (nSPS) is 35.1. The van der Waals surface area contributed by atoms with Gasteiger partial charge < -0.3 is 29.5 Å². The van der Waals surface area contributed by atoms with Crippen LogP contribution in [0.4, 0.5) is 0 Å². The van der Waals surface area contributed by atoms with Crippen molar-refractivity contribution < 1.29 is 29.5 Å². The first-order chi connectivity index (χ1) is 19.7. The van der Waals surface area contributed by atoms with Crippen molar-refractivity contribution in [3.05, 3.63) is 11.6 Å². The second kappa shape index (κ2) is 17.1. The third kappa shape index (κ3) is 9.25. The first kappa shape index (κ1) is 35.0. The van der Waals surface area contributed by atoms with Gasteiger partial charge in [0.25, 0.3) is 0 Å². The van der Waals surface area contributed by atoms with E-state index in [1.54, 1.807) is 5.57 Å². The Morgan fingerprint density at radius 3 is 2.05 bits per heavy atom. The molecule has 0 aromatic carbocycles. The van der Waals surface area contributed by atoms with Gasteiger partial charge in [0.2, 0.25) is 0 Å². The second-order valence-corrected chi connectivity index (χ2v) is 14.5. The van der Waals surface area contributed by atoms with Crippen molar-refractivity contribution in [3.8, 4) is 0 Å². The number of fused-ring (bicyclic) bond motifs is 5. The molecule has 0 spiro atoms. The molecule has 0 aromatic heterocycles. The van der Waals surface area contributed by atoms with Gasteiger partial charge in [-0.2, -0.15) is 0 Å². The highest BCUT2D eigenvalue weighted by atomic mass is 16.5. The number of aliphatic hydroxyl groups excluding tert-OH is 3. The lowest BCUT2D eigenvalue weighted by atomic mass is 9.47. The van der Waals surface area contributed by atoms with Crippen LogP contribution in [0.15, 0.2) is 11.6 Å². The minimum absolute atomic E-state index is 0.0413. The van der Waals surface area contributed by atoms with Crippen LogP contribution in [-0.2, 0) is 14.2 Å². The molecule has 3 N–H and O–H groups in total. The fraction of sp³-hybridized carbons (Fsp3) is 0.943. The van der Waals surface area contributed by atoms with Crippen LogP contribution < -0.4 is 0 Å². The van der Waals surface area contributed by atoms with E-state index in [9.17, 15) is 5.11 Å². The maximum atomic E-state index is 10.2. The predicted octanol–water partition coefficient (Wildman–Crippen LogP) is 6.41. The highest BCUT2D eigenvalue weighted by molar-refractivity contribution is 5.25. The SMILES string of the molecule is CC(C)CCCC(C)[C@H]1CC[C@H]2[C@@H]3CC=C4C[C@@H](O)CC[C@]4(C)[C@H]3CC[C@]12C.OCCOCCOCCOCCO. The van der Waals surface area contributed by atoms with Crippen LogP contribution >= 0.6 is 0 Å². The van der Waals surface area contributed by atoms with E-state index in [4.69, 9.17) is 24.4 Å². The Bertz CT molecular complexity index is 760. The average molecular weight is 581 g/mol. The molecule has 0 bridgehead atoms. The van der Waals surface area contributed by atoms with Gasteiger partial charge in [-0.05, 0) is 97.7 Å². The Labute approximate surface area is 251 Å². The van der Waals surface area contributed by atoms with Crippen LogP contribution in [0.2, 0.25) is 0 Å². The second-order valence-electron chi connectivity index (χ2n) is 14.5. The molecule has 3 saturated carbocycles. The minimum Gasteiger partial charge on any atom is -0.394 e. The van der Waals surface area contributed by atoms with Crippen LogP contribution in [0.5, 0.6) is 0 Å². The van der Waals surface area contributed by atoms with Gasteiger partial charge in [0.1, 0.15) is 0 Å². The van der Waals surface area contributed by atoms with Crippen molar-refractivity contribution in [2.24, 2.45) is 46.3 Å². The lowest BCUT2D eigenvalue weighted by Crippen LogP contribution is -2.50. The van der Waals surface area contributed by atoms with E-state index in [1.807, 2.05) is 0 Å². The standard InChI is InChI=1S/C27H46O.C8H18O5/c1-18(2)7-6-8-19(3)23-11-12-24-22-10-9-20-17-21(28)13-15-26(20,4)25(22)14-16-27(23,24)5;9-1-3-11-5-7-13-8-6-12-4-2-10/h9,18-19,21-25,28H,6-8,10-17H2,1-5H3;9-10H,1-8H2/t19?,21-,22-,23+,24-,25-,26-,27+;/m0./s1. The van der Waals surface area contributed by atoms with Crippen LogP contribution in [0.25, 0.3) is 0 Å². The van der Waals surface area contributed by atoms with Crippen LogP contribution in [0.3, 0.4) is 0 Å².